The summed E-state index contributed by atoms with van der Waals surface area (Å²) in [5, 5.41) is 9.23. The number of amides is 1. The molecule has 3 unspecified atom stereocenters. The predicted molar refractivity (Wildman–Crippen MR) is 67.0 cm³/mol. The van der Waals surface area contributed by atoms with Gasteiger partial charge in [-0.3, -0.25) is 4.79 Å². The Bertz CT molecular complexity index is 339. The Morgan fingerprint density at radius 2 is 2.18 bits per heavy atom. The number of carbonyl (C=O) groups is 2. The summed E-state index contributed by atoms with van der Waals surface area (Å²) in [4.78, 5) is 25.3. The maximum absolute atomic E-state index is 12.5. The van der Waals surface area contributed by atoms with E-state index in [2.05, 4.69) is 0 Å². The van der Waals surface area contributed by atoms with Gasteiger partial charge in [0.2, 0.25) is 5.91 Å². The summed E-state index contributed by atoms with van der Waals surface area (Å²) in [6.07, 6.45) is 2.71. The van der Waals surface area contributed by atoms with Gasteiger partial charge in [0, 0.05) is 6.54 Å². The molecular weight excluding hydrogens is 238 g/mol. The number of rotatable bonds is 2. The quantitative estimate of drug-likeness (QED) is 0.816. The van der Waals surface area contributed by atoms with Gasteiger partial charge in [-0.05, 0) is 37.9 Å². The van der Waals surface area contributed by atoms with Crippen molar-refractivity contribution in [3.63, 3.8) is 0 Å². The maximum Gasteiger partial charge on any atom is 0.326 e. The molecule has 2 heterocycles. The highest BCUT2D eigenvalue weighted by atomic mass is 32.2. The van der Waals surface area contributed by atoms with Crippen molar-refractivity contribution in [2.45, 2.75) is 43.9 Å². The van der Waals surface area contributed by atoms with E-state index in [1.807, 2.05) is 13.8 Å². The lowest BCUT2D eigenvalue weighted by atomic mass is 10.0. The minimum Gasteiger partial charge on any atom is -0.480 e. The molecule has 5 heteroatoms. The Balaban J connectivity index is 2.16. The van der Waals surface area contributed by atoms with Gasteiger partial charge in [-0.1, -0.05) is 6.92 Å². The van der Waals surface area contributed by atoms with Crippen molar-refractivity contribution in [2.75, 3.05) is 12.3 Å². The number of thioether (sulfide) groups is 1. The average molecular weight is 257 g/mol. The van der Waals surface area contributed by atoms with Crippen molar-refractivity contribution in [2.24, 2.45) is 5.92 Å². The van der Waals surface area contributed by atoms with Crippen molar-refractivity contribution in [1.29, 1.82) is 0 Å². The molecule has 1 N–H and O–H groups in total. The fourth-order valence-corrected chi connectivity index (χ4v) is 4.07. The molecule has 0 spiro atoms. The number of carboxylic acid groups (broad SMARTS) is 1. The topological polar surface area (TPSA) is 57.6 Å². The first kappa shape index (κ1) is 12.7. The molecule has 2 aliphatic heterocycles. The minimum atomic E-state index is -0.866. The Morgan fingerprint density at radius 3 is 2.71 bits per heavy atom. The summed E-state index contributed by atoms with van der Waals surface area (Å²) in [6, 6.07) is -0.625. The van der Waals surface area contributed by atoms with Gasteiger partial charge in [-0.2, -0.15) is 0 Å². The van der Waals surface area contributed by atoms with Gasteiger partial charge in [-0.25, -0.2) is 4.79 Å². The minimum absolute atomic E-state index is 0.0248. The maximum atomic E-state index is 12.5. The fourth-order valence-electron chi connectivity index (χ4n) is 2.80. The van der Waals surface area contributed by atoms with Crippen molar-refractivity contribution in [3.8, 4) is 0 Å². The zero-order chi connectivity index (χ0) is 12.6. The summed E-state index contributed by atoms with van der Waals surface area (Å²) in [5.41, 5.74) is 0. The lowest BCUT2D eigenvalue weighted by Crippen LogP contribution is -2.49. The summed E-state index contributed by atoms with van der Waals surface area (Å²) in [5.74, 6) is 0.224. The predicted octanol–water partition coefficient (Wildman–Crippen LogP) is 1.59. The van der Waals surface area contributed by atoms with Crippen LogP contribution in [0.25, 0.3) is 0 Å². The van der Waals surface area contributed by atoms with E-state index in [-0.39, 0.29) is 11.8 Å². The molecule has 0 aliphatic carbocycles. The Morgan fingerprint density at radius 1 is 1.47 bits per heavy atom. The number of carboxylic acids is 1. The van der Waals surface area contributed by atoms with E-state index in [9.17, 15) is 14.7 Å². The number of hydrogen-bond acceptors (Lipinski definition) is 3. The summed E-state index contributed by atoms with van der Waals surface area (Å²) in [7, 11) is 0. The Labute approximate surface area is 106 Å². The van der Waals surface area contributed by atoms with Gasteiger partial charge < -0.3 is 10.0 Å². The lowest BCUT2D eigenvalue weighted by molar-refractivity contribution is -0.150. The van der Waals surface area contributed by atoms with Gasteiger partial charge in [0.25, 0.3) is 0 Å². The van der Waals surface area contributed by atoms with Crippen LogP contribution in [0.5, 0.6) is 0 Å². The second kappa shape index (κ2) is 4.52. The second-order valence-electron chi connectivity index (χ2n) is 5.23. The zero-order valence-corrected chi connectivity index (χ0v) is 11.1. The molecule has 17 heavy (non-hydrogen) atoms. The molecule has 0 radical (unpaired) electrons. The SMILES string of the molecule is CC1CCN(C(=O)C2(C)CCCS2)C1C(=O)O. The lowest BCUT2D eigenvalue weighted by Gasteiger charge is -2.31. The van der Waals surface area contributed by atoms with Crippen LogP contribution in [0.15, 0.2) is 0 Å². The van der Waals surface area contributed by atoms with Crippen molar-refractivity contribution in [1.82, 2.24) is 4.90 Å². The highest BCUT2D eigenvalue weighted by Gasteiger charge is 2.47. The molecule has 0 aromatic heterocycles. The van der Waals surface area contributed by atoms with Gasteiger partial charge in [0.1, 0.15) is 6.04 Å². The second-order valence-corrected chi connectivity index (χ2v) is 6.83. The summed E-state index contributed by atoms with van der Waals surface area (Å²) >= 11 is 1.67. The van der Waals surface area contributed by atoms with E-state index >= 15 is 0 Å². The molecule has 3 atom stereocenters. The molecule has 2 rings (SSSR count). The first-order valence-electron chi connectivity index (χ1n) is 6.13. The molecule has 1 amide bonds. The van der Waals surface area contributed by atoms with E-state index in [0.29, 0.717) is 6.54 Å². The van der Waals surface area contributed by atoms with Gasteiger partial charge in [-0.15, -0.1) is 11.8 Å². The molecule has 0 bridgehead atoms. The van der Waals surface area contributed by atoms with E-state index in [1.54, 1.807) is 16.7 Å². The van der Waals surface area contributed by atoms with Gasteiger partial charge >= 0.3 is 5.97 Å². The fraction of sp³-hybridized carbons (Fsp3) is 0.833. The van der Waals surface area contributed by atoms with Crippen LogP contribution < -0.4 is 0 Å². The van der Waals surface area contributed by atoms with E-state index < -0.39 is 16.8 Å². The zero-order valence-electron chi connectivity index (χ0n) is 10.3. The van der Waals surface area contributed by atoms with Crippen molar-refractivity contribution >= 4 is 23.6 Å². The average Bonchev–Trinajstić information content (AvgIpc) is 2.84. The van der Waals surface area contributed by atoms with Crippen LogP contribution in [0.4, 0.5) is 0 Å². The first-order chi connectivity index (χ1) is 7.96. The van der Waals surface area contributed by atoms with Crippen molar-refractivity contribution < 1.29 is 14.7 Å². The standard InChI is InChI=1S/C12H19NO3S/c1-8-4-6-13(9(8)10(14)15)11(16)12(2)5-3-7-17-12/h8-9H,3-7H2,1-2H3,(H,14,15). The first-order valence-corrected chi connectivity index (χ1v) is 7.12. The third kappa shape index (κ3) is 2.17. The third-order valence-corrected chi connectivity index (χ3v) is 5.39. The molecule has 2 saturated heterocycles. The molecule has 2 aliphatic rings. The number of carbonyl (C=O) groups excluding carboxylic acids is 1. The smallest absolute Gasteiger partial charge is 0.326 e. The largest absolute Gasteiger partial charge is 0.480 e. The number of aliphatic carboxylic acids is 1. The molecule has 4 nitrogen and oxygen atoms in total. The van der Waals surface area contributed by atoms with E-state index in [1.165, 1.54) is 0 Å². The van der Waals surface area contributed by atoms with Crippen LogP contribution in [-0.2, 0) is 9.59 Å². The molecule has 0 saturated carbocycles. The highest BCUT2D eigenvalue weighted by molar-refractivity contribution is 8.01. The number of likely N-dealkylation sites (tertiary alicyclic amines) is 1. The van der Waals surface area contributed by atoms with Crippen LogP contribution in [0.3, 0.4) is 0 Å². The monoisotopic (exact) mass is 257 g/mol. The molecule has 0 aromatic rings. The van der Waals surface area contributed by atoms with Crippen LogP contribution in [0.2, 0.25) is 0 Å². The molecule has 96 valence electrons. The van der Waals surface area contributed by atoms with Crippen molar-refractivity contribution in [3.05, 3.63) is 0 Å². The summed E-state index contributed by atoms with van der Waals surface area (Å²) in [6.45, 7) is 4.46. The normalized spacial score (nSPS) is 37.4. The van der Waals surface area contributed by atoms with Gasteiger partial charge in [0.05, 0.1) is 4.75 Å². The van der Waals surface area contributed by atoms with Crippen LogP contribution in [0.1, 0.15) is 33.1 Å². The molecular formula is C12H19NO3S. The number of hydrogen-bond donors (Lipinski definition) is 1. The van der Waals surface area contributed by atoms with Crippen LogP contribution in [-0.4, -0.2) is 45.0 Å². The van der Waals surface area contributed by atoms with Crippen LogP contribution >= 0.6 is 11.8 Å². The van der Waals surface area contributed by atoms with Crippen LogP contribution in [0, 0.1) is 5.92 Å². The van der Waals surface area contributed by atoms with Gasteiger partial charge in [0.15, 0.2) is 0 Å². The third-order valence-electron chi connectivity index (χ3n) is 3.89. The Hall–Kier alpha value is -0.710. The highest BCUT2D eigenvalue weighted by Crippen LogP contribution is 2.41. The van der Waals surface area contributed by atoms with E-state index in [0.717, 1.165) is 25.0 Å². The van der Waals surface area contributed by atoms with E-state index in [4.69, 9.17) is 0 Å². The molecule has 2 fully saturated rings. The molecule has 0 aromatic carbocycles. The summed E-state index contributed by atoms with van der Waals surface area (Å²) < 4.78 is -0.391. The number of nitrogens with zero attached hydrogens (tertiary/aromatic N) is 1. The Kier molecular flexibility index (Phi) is 3.39.